The summed E-state index contributed by atoms with van der Waals surface area (Å²) in [5, 5.41) is 10.6. The second-order valence-corrected chi connectivity index (χ2v) is 5.36. The molecule has 0 amide bonds. The zero-order chi connectivity index (χ0) is 14.6. The third-order valence-corrected chi connectivity index (χ3v) is 3.64. The summed E-state index contributed by atoms with van der Waals surface area (Å²) in [5.74, 6) is -0.526. The van der Waals surface area contributed by atoms with Crippen molar-refractivity contribution in [2.75, 3.05) is 6.61 Å². The Labute approximate surface area is 119 Å². The molecule has 0 N–H and O–H groups in total. The minimum atomic E-state index is -0.526. The van der Waals surface area contributed by atoms with Gasteiger partial charge in [0.05, 0.1) is 11.5 Å². The predicted octanol–water partition coefficient (Wildman–Crippen LogP) is 3.98. The van der Waals surface area contributed by atoms with Gasteiger partial charge in [-0.15, -0.1) is 0 Å². The molecule has 1 aromatic carbocycles. The van der Waals surface area contributed by atoms with E-state index in [1.165, 1.54) is 25.0 Å². The van der Waals surface area contributed by atoms with E-state index in [0.717, 1.165) is 18.4 Å². The van der Waals surface area contributed by atoms with E-state index >= 15 is 0 Å². The van der Waals surface area contributed by atoms with Crippen LogP contribution in [0.15, 0.2) is 24.3 Å². The van der Waals surface area contributed by atoms with Crippen LogP contribution in [0.5, 0.6) is 0 Å². The summed E-state index contributed by atoms with van der Waals surface area (Å²) < 4.78 is 11.8. The molecule has 0 saturated carbocycles. The summed E-state index contributed by atoms with van der Waals surface area (Å²) in [6.45, 7) is 4.63. The van der Waals surface area contributed by atoms with E-state index in [9.17, 15) is 10.1 Å². The molecule has 1 saturated heterocycles. The largest absolute Gasteiger partial charge is 0.347 e. The first kappa shape index (κ1) is 14.9. The number of ether oxygens (including phenoxy) is 2. The van der Waals surface area contributed by atoms with Crippen molar-refractivity contribution in [3.63, 3.8) is 0 Å². The number of nitro groups is 1. The van der Waals surface area contributed by atoms with Gasteiger partial charge in [-0.05, 0) is 31.0 Å². The smallest absolute Gasteiger partial charge is 0.269 e. The Morgan fingerprint density at radius 3 is 2.65 bits per heavy atom. The van der Waals surface area contributed by atoms with Gasteiger partial charge < -0.3 is 9.47 Å². The summed E-state index contributed by atoms with van der Waals surface area (Å²) >= 11 is 0. The van der Waals surface area contributed by atoms with E-state index < -0.39 is 10.7 Å². The maximum absolute atomic E-state index is 10.6. The zero-order valence-electron chi connectivity index (χ0n) is 12.0. The maximum atomic E-state index is 10.6. The molecule has 2 unspecified atom stereocenters. The maximum Gasteiger partial charge on any atom is 0.269 e. The van der Waals surface area contributed by atoms with Crippen LogP contribution < -0.4 is 0 Å². The number of nitrogens with zero attached hydrogens (tertiary/aromatic N) is 1. The molecule has 110 valence electrons. The Balaban J connectivity index is 1.96. The van der Waals surface area contributed by atoms with Gasteiger partial charge in [-0.25, -0.2) is 0 Å². The zero-order valence-corrected chi connectivity index (χ0v) is 12.0. The molecule has 1 heterocycles. The van der Waals surface area contributed by atoms with Crippen LogP contribution in [0.25, 0.3) is 0 Å². The van der Waals surface area contributed by atoms with Gasteiger partial charge in [-0.1, -0.05) is 19.8 Å². The molecular weight excluding hydrogens is 258 g/mol. The topological polar surface area (TPSA) is 61.6 Å². The SMILES string of the molecule is CCCCCC1(C)OCC(c2ccc([N+](=O)[O-])cc2)O1. The normalized spacial score (nSPS) is 25.8. The predicted molar refractivity (Wildman–Crippen MR) is 75.4 cm³/mol. The van der Waals surface area contributed by atoms with Gasteiger partial charge in [0.2, 0.25) is 0 Å². The molecule has 5 nitrogen and oxygen atoms in total. The van der Waals surface area contributed by atoms with Crippen LogP contribution in [0.1, 0.15) is 51.2 Å². The van der Waals surface area contributed by atoms with Gasteiger partial charge in [0.15, 0.2) is 5.79 Å². The molecule has 0 spiro atoms. The van der Waals surface area contributed by atoms with Crippen LogP contribution in [-0.4, -0.2) is 17.3 Å². The molecule has 2 rings (SSSR count). The van der Waals surface area contributed by atoms with Crippen LogP contribution in [0.2, 0.25) is 0 Å². The molecule has 0 aromatic heterocycles. The average Bonchev–Trinajstić information content (AvgIpc) is 2.82. The fraction of sp³-hybridized carbons (Fsp3) is 0.600. The highest BCUT2D eigenvalue weighted by molar-refractivity contribution is 5.34. The Hall–Kier alpha value is -1.46. The fourth-order valence-electron chi connectivity index (χ4n) is 2.42. The van der Waals surface area contributed by atoms with Gasteiger partial charge in [0.1, 0.15) is 6.10 Å². The van der Waals surface area contributed by atoms with E-state index in [1.54, 1.807) is 12.1 Å². The molecule has 1 aromatic rings. The molecule has 20 heavy (non-hydrogen) atoms. The highest BCUT2D eigenvalue weighted by atomic mass is 16.7. The van der Waals surface area contributed by atoms with E-state index in [0.29, 0.717) is 6.61 Å². The first-order valence-corrected chi connectivity index (χ1v) is 7.10. The fourth-order valence-corrected chi connectivity index (χ4v) is 2.42. The average molecular weight is 279 g/mol. The number of rotatable bonds is 6. The first-order chi connectivity index (χ1) is 9.54. The lowest BCUT2D eigenvalue weighted by Crippen LogP contribution is -2.25. The molecule has 0 radical (unpaired) electrons. The number of hydrogen-bond donors (Lipinski definition) is 0. The molecule has 1 aliphatic heterocycles. The number of non-ortho nitro benzene ring substituents is 1. The van der Waals surface area contributed by atoms with Crippen LogP contribution in [-0.2, 0) is 9.47 Å². The highest BCUT2D eigenvalue weighted by Gasteiger charge is 2.37. The molecule has 1 fully saturated rings. The number of nitro benzene ring substituents is 1. The Morgan fingerprint density at radius 1 is 1.35 bits per heavy atom. The van der Waals surface area contributed by atoms with Crippen molar-refractivity contribution in [3.05, 3.63) is 39.9 Å². The van der Waals surface area contributed by atoms with Crippen molar-refractivity contribution in [1.29, 1.82) is 0 Å². The third kappa shape index (κ3) is 3.55. The quantitative estimate of drug-likeness (QED) is 0.449. The molecule has 5 heteroatoms. The summed E-state index contributed by atoms with van der Waals surface area (Å²) in [5.41, 5.74) is 1.02. The van der Waals surface area contributed by atoms with Crippen LogP contribution in [0, 0.1) is 10.1 Å². The van der Waals surface area contributed by atoms with E-state index in [4.69, 9.17) is 9.47 Å². The number of unbranched alkanes of at least 4 members (excludes halogenated alkanes) is 2. The van der Waals surface area contributed by atoms with Crippen molar-refractivity contribution in [3.8, 4) is 0 Å². The lowest BCUT2D eigenvalue weighted by Gasteiger charge is -2.23. The highest BCUT2D eigenvalue weighted by Crippen LogP contribution is 2.36. The van der Waals surface area contributed by atoms with E-state index in [-0.39, 0.29) is 11.8 Å². The summed E-state index contributed by atoms with van der Waals surface area (Å²) in [7, 11) is 0. The lowest BCUT2D eigenvalue weighted by atomic mass is 10.1. The molecular formula is C15H21NO4. The van der Waals surface area contributed by atoms with Crippen LogP contribution in [0.4, 0.5) is 5.69 Å². The first-order valence-electron chi connectivity index (χ1n) is 7.10. The van der Waals surface area contributed by atoms with E-state index in [2.05, 4.69) is 6.92 Å². The molecule has 0 bridgehead atoms. The van der Waals surface area contributed by atoms with Gasteiger partial charge in [0.25, 0.3) is 5.69 Å². The van der Waals surface area contributed by atoms with Gasteiger partial charge in [-0.3, -0.25) is 10.1 Å². The Morgan fingerprint density at radius 2 is 2.05 bits per heavy atom. The third-order valence-electron chi connectivity index (χ3n) is 3.64. The number of benzene rings is 1. The summed E-state index contributed by atoms with van der Waals surface area (Å²) in [6.07, 6.45) is 4.17. The van der Waals surface area contributed by atoms with Crippen LogP contribution in [0.3, 0.4) is 0 Å². The number of hydrogen-bond acceptors (Lipinski definition) is 4. The Bertz CT molecular complexity index is 459. The second-order valence-electron chi connectivity index (χ2n) is 5.36. The minimum Gasteiger partial charge on any atom is -0.347 e. The standard InChI is InChI=1S/C15H21NO4/c1-3-4-5-10-15(2)19-11-14(20-15)12-6-8-13(9-7-12)16(17)18/h6-9,14H,3-5,10-11H2,1-2H3. The lowest BCUT2D eigenvalue weighted by molar-refractivity contribution is -0.384. The van der Waals surface area contributed by atoms with Crippen LogP contribution >= 0.6 is 0 Å². The molecule has 0 aliphatic carbocycles. The van der Waals surface area contributed by atoms with Crippen molar-refractivity contribution in [1.82, 2.24) is 0 Å². The minimum absolute atomic E-state index is 0.0957. The molecule has 1 aliphatic rings. The van der Waals surface area contributed by atoms with Gasteiger partial charge >= 0.3 is 0 Å². The van der Waals surface area contributed by atoms with Crippen molar-refractivity contribution < 1.29 is 14.4 Å². The van der Waals surface area contributed by atoms with E-state index in [1.807, 2.05) is 6.92 Å². The van der Waals surface area contributed by atoms with Crippen molar-refractivity contribution in [2.24, 2.45) is 0 Å². The molecule has 2 atom stereocenters. The van der Waals surface area contributed by atoms with Gasteiger partial charge in [-0.2, -0.15) is 0 Å². The summed E-state index contributed by atoms with van der Waals surface area (Å²) in [6, 6.07) is 6.49. The van der Waals surface area contributed by atoms with Crippen molar-refractivity contribution in [2.45, 2.75) is 51.4 Å². The van der Waals surface area contributed by atoms with Gasteiger partial charge in [0, 0.05) is 18.6 Å². The second kappa shape index (κ2) is 6.33. The Kier molecular flexibility index (Phi) is 4.73. The monoisotopic (exact) mass is 279 g/mol. The van der Waals surface area contributed by atoms with Crippen molar-refractivity contribution >= 4 is 5.69 Å². The summed E-state index contributed by atoms with van der Waals surface area (Å²) in [4.78, 5) is 10.2.